The van der Waals surface area contributed by atoms with Crippen LogP contribution >= 0.6 is 0 Å². The average Bonchev–Trinajstić information content (AvgIpc) is 3.35. The van der Waals surface area contributed by atoms with Crippen LogP contribution < -0.4 is 10.6 Å². The summed E-state index contributed by atoms with van der Waals surface area (Å²) < 4.78 is 2.04. The molecule has 6 nitrogen and oxygen atoms in total. The van der Waals surface area contributed by atoms with Gasteiger partial charge in [-0.2, -0.15) is 0 Å². The highest BCUT2D eigenvalue weighted by Gasteiger charge is 2.20. The molecular formula is C25H32N6. The Balaban J connectivity index is 1.34. The monoisotopic (exact) mass is 416 g/mol. The van der Waals surface area contributed by atoms with Crippen LogP contribution in [0.3, 0.4) is 0 Å². The van der Waals surface area contributed by atoms with Gasteiger partial charge in [-0.25, -0.2) is 9.98 Å². The van der Waals surface area contributed by atoms with Crippen molar-refractivity contribution in [1.82, 2.24) is 25.1 Å². The number of aromatic nitrogens is 2. The van der Waals surface area contributed by atoms with Crippen molar-refractivity contribution in [3.8, 4) is 5.69 Å². The predicted molar refractivity (Wildman–Crippen MR) is 126 cm³/mol. The van der Waals surface area contributed by atoms with Crippen molar-refractivity contribution in [2.24, 2.45) is 4.99 Å². The lowest BCUT2D eigenvalue weighted by Gasteiger charge is -2.33. The van der Waals surface area contributed by atoms with Crippen LogP contribution in [0.15, 0.2) is 78.3 Å². The van der Waals surface area contributed by atoms with Crippen molar-refractivity contribution in [2.75, 3.05) is 19.6 Å². The highest BCUT2D eigenvalue weighted by Crippen LogP contribution is 2.16. The van der Waals surface area contributed by atoms with E-state index in [1.165, 1.54) is 11.1 Å². The quantitative estimate of drug-likeness (QED) is 0.457. The first-order valence-electron chi connectivity index (χ1n) is 11.2. The number of para-hydroxylation sites is 1. The van der Waals surface area contributed by atoms with E-state index in [4.69, 9.17) is 4.99 Å². The van der Waals surface area contributed by atoms with Crippen LogP contribution in [0.4, 0.5) is 0 Å². The van der Waals surface area contributed by atoms with E-state index >= 15 is 0 Å². The van der Waals surface area contributed by atoms with Gasteiger partial charge in [0.2, 0.25) is 0 Å². The smallest absolute Gasteiger partial charge is 0.191 e. The number of guanidine groups is 1. The zero-order valence-corrected chi connectivity index (χ0v) is 18.2. The van der Waals surface area contributed by atoms with Gasteiger partial charge in [-0.1, -0.05) is 48.5 Å². The van der Waals surface area contributed by atoms with E-state index in [1.54, 1.807) is 6.20 Å². The number of benzene rings is 2. The fourth-order valence-corrected chi connectivity index (χ4v) is 4.05. The maximum atomic E-state index is 4.88. The second-order valence-electron chi connectivity index (χ2n) is 7.97. The predicted octanol–water partition coefficient (Wildman–Crippen LogP) is 3.59. The molecule has 3 aromatic rings. The molecule has 2 aromatic carbocycles. The number of imidazole rings is 1. The Bertz CT molecular complexity index is 943. The van der Waals surface area contributed by atoms with Gasteiger partial charge >= 0.3 is 0 Å². The molecule has 1 saturated heterocycles. The van der Waals surface area contributed by atoms with Crippen molar-refractivity contribution < 1.29 is 0 Å². The molecule has 0 bridgehead atoms. The van der Waals surface area contributed by atoms with Crippen molar-refractivity contribution >= 4 is 5.96 Å². The van der Waals surface area contributed by atoms with Gasteiger partial charge in [-0.3, -0.25) is 4.90 Å². The molecule has 2 N–H and O–H groups in total. The first kappa shape index (κ1) is 21.1. The summed E-state index contributed by atoms with van der Waals surface area (Å²) in [6, 6.07) is 19.5. The molecule has 1 fully saturated rings. The van der Waals surface area contributed by atoms with Gasteiger partial charge in [-0.05, 0) is 37.0 Å². The standard InChI is InChI=1S/C25H32N6/c1-2-27-25(28-18-22-10-6-7-11-24(22)31-17-14-26-20-31)29-23-12-15-30(16-13-23)19-21-8-4-3-5-9-21/h3-11,14,17,20,23H,2,12-13,15-16,18-19H2,1H3,(H2,27,28,29). The SMILES string of the molecule is CCNC(=NCc1ccccc1-n1ccnc1)NC1CCN(Cc2ccccc2)CC1. The molecule has 1 aromatic heterocycles. The molecular weight excluding hydrogens is 384 g/mol. The maximum Gasteiger partial charge on any atom is 0.191 e. The summed E-state index contributed by atoms with van der Waals surface area (Å²) in [6.07, 6.45) is 7.85. The number of nitrogens with one attached hydrogen (secondary N) is 2. The van der Waals surface area contributed by atoms with Gasteiger partial charge in [0.1, 0.15) is 0 Å². The van der Waals surface area contributed by atoms with Crippen LogP contribution in [-0.2, 0) is 13.1 Å². The van der Waals surface area contributed by atoms with E-state index in [1.807, 2.05) is 17.1 Å². The molecule has 1 aliphatic heterocycles. The Kier molecular flexibility index (Phi) is 7.34. The van der Waals surface area contributed by atoms with Crippen LogP contribution in [0.25, 0.3) is 5.69 Å². The van der Waals surface area contributed by atoms with Gasteiger partial charge in [-0.15, -0.1) is 0 Å². The van der Waals surface area contributed by atoms with E-state index in [9.17, 15) is 0 Å². The molecule has 2 heterocycles. The van der Waals surface area contributed by atoms with Crippen LogP contribution in [-0.4, -0.2) is 46.1 Å². The van der Waals surface area contributed by atoms with E-state index in [2.05, 4.69) is 82.0 Å². The zero-order valence-electron chi connectivity index (χ0n) is 18.2. The first-order chi connectivity index (χ1) is 15.3. The lowest BCUT2D eigenvalue weighted by molar-refractivity contribution is 0.198. The Labute approximate surface area is 185 Å². The van der Waals surface area contributed by atoms with Gasteiger partial charge < -0.3 is 15.2 Å². The number of piperidine rings is 1. The summed E-state index contributed by atoms with van der Waals surface area (Å²) in [5.41, 5.74) is 3.68. The van der Waals surface area contributed by atoms with Crippen LogP contribution in [0.2, 0.25) is 0 Å². The third-order valence-electron chi connectivity index (χ3n) is 5.70. The fraction of sp³-hybridized carbons (Fsp3) is 0.360. The number of likely N-dealkylation sites (tertiary alicyclic amines) is 1. The van der Waals surface area contributed by atoms with Crippen LogP contribution in [0, 0.1) is 0 Å². The van der Waals surface area contributed by atoms with E-state index < -0.39 is 0 Å². The maximum absolute atomic E-state index is 4.88. The van der Waals surface area contributed by atoms with Gasteiger partial charge in [0.25, 0.3) is 0 Å². The van der Waals surface area contributed by atoms with E-state index in [0.29, 0.717) is 12.6 Å². The normalized spacial score (nSPS) is 15.7. The highest BCUT2D eigenvalue weighted by atomic mass is 15.2. The van der Waals surface area contributed by atoms with E-state index in [0.717, 1.165) is 50.7 Å². The molecule has 1 aliphatic rings. The molecule has 6 heteroatoms. The summed E-state index contributed by atoms with van der Waals surface area (Å²) in [5, 5.41) is 7.07. The lowest BCUT2D eigenvalue weighted by Crippen LogP contribution is -2.48. The Morgan fingerprint density at radius 2 is 1.84 bits per heavy atom. The first-order valence-corrected chi connectivity index (χ1v) is 11.2. The Morgan fingerprint density at radius 1 is 1.06 bits per heavy atom. The molecule has 0 unspecified atom stereocenters. The van der Waals surface area contributed by atoms with Crippen LogP contribution in [0.5, 0.6) is 0 Å². The largest absolute Gasteiger partial charge is 0.357 e. The molecule has 0 radical (unpaired) electrons. The average molecular weight is 417 g/mol. The molecule has 0 amide bonds. The number of hydrogen-bond acceptors (Lipinski definition) is 3. The zero-order chi connectivity index (χ0) is 21.3. The summed E-state index contributed by atoms with van der Waals surface area (Å²) in [4.78, 5) is 11.6. The summed E-state index contributed by atoms with van der Waals surface area (Å²) in [7, 11) is 0. The highest BCUT2D eigenvalue weighted by molar-refractivity contribution is 5.80. The summed E-state index contributed by atoms with van der Waals surface area (Å²) in [5.74, 6) is 0.893. The number of nitrogens with zero attached hydrogens (tertiary/aromatic N) is 4. The molecule has 0 spiro atoms. The third kappa shape index (κ3) is 5.95. The minimum absolute atomic E-state index is 0.453. The Hall–Kier alpha value is -3.12. The van der Waals surface area contributed by atoms with Crippen molar-refractivity contribution in [2.45, 2.75) is 38.9 Å². The molecule has 0 aliphatic carbocycles. The molecule has 0 saturated carbocycles. The molecule has 4 rings (SSSR count). The summed E-state index contributed by atoms with van der Waals surface area (Å²) in [6.45, 7) is 6.83. The number of rotatable bonds is 7. The van der Waals surface area contributed by atoms with Crippen LogP contribution in [0.1, 0.15) is 30.9 Å². The minimum Gasteiger partial charge on any atom is -0.357 e. The minimum atomic E-state index is 0.453. The Morgan fingerprint density at radius 3 is 2.58 bits per heavy atom. The van der Waals surface area contributed by atoms with Crippen molar-refractivity contribution in [3.05, 3.63) is 84.4 Å². The third-order valence-corrected chi connectivity index (χ3v) is 5.70. The molecule has 162 valence electrons. The number of hydrogen-bond donors (Lipinski definition) is 2. The second kappa shape index (κ2) is 10.8. The lowest BCUT2D eigenvalue weighted by atomic mass is 10.0. The topological polar surface area (TPSA) is 57.5 Å². The van der Waals surface area contributed by atoms with Crippen molar-refractivity contribution in [3.63, 3.8) is 0 Å². The molecule has 0 atom stereocenters. The molecule has 31 heavy (non-hydrogen) atoms. The van der Waals surface area contributed by atoms with Crippen molar-refractivity contribution in [1.29, 1.82) is 0 Å². The second-order valence-corrected chi connectivity index (χ2v) is 7.97. The van der Waals surface area contributed by atoms with E-state index in [-0.39, 0.29) is 0 Å². The van der Waals surface area contributed by atoms with Gasteiger partial charge in [0.15, 0.2) is 5.96 Å². The number of aliphatic imine (C=N–C) groups is 1. The van der Waals surface area contributed by atoms with Gasteiger partial charge in [0, 0.05) is 44.6 Å². The fourth-order valence-electron chi connectivity index (χ4n) is 4.05. The summed E-state index contributed by atoms with van der Waals surface area (Å²) >= 11 is 0. The van der Waals surface area contributed by atoms with Gasteiger partial charge in [0.05, 0.1) is 18.6 Å².